The van der Waals surface area contributed by atoms with Crippen LogP contribution >= 0.6 is 23.2 Å². The monoisotopic (exact) mass is 2780 g/mol. The Bertz CT molecular complexity index is 3090. The minimum Gasteiger partial charge on any atom is -0.459 e. The molecule has 3 heterocycles. The predicted molar refractivity (Wildman–Crippen MR) is 345 cm³/mol. The van der Waals surface area contributed by atoms with Gasteiger partial charge in [-0.05, 0) is 73.5 Å². The van der Waals surface area contributed by atoms with Gasteiger partial charge >= 0.3 is 17.9 Å². The topological polar surface area (TPSA) is 447 Å². The van der Waals surface area contributed by atoms with E-state index in [0.717, 1.165) is 6.92 Å². The van der Waals surface area contributed by atoms with Gasteiger partial charge in [0, 0.05) is 362 Å². The molecule has 0 aromatic heterocycles. The van der Waals surface area contributed by atoms with E-state index in [9.17, 15) is 101 Å². The fourth-order valence-corrected chi connectivity index (χ4v) is 20.8. The van der Waals surface area contributed by atoms with Crippen molar-refractivity contribution in [3.05, 3.63) is 33.4 Å². The van der Waals surface area contributed by atoms with Crippen LogP contribution in [0.4, 0.5) is 0 Å². The van der Waals surface area contributed by atoms with Crippen molar-refractivity contribution in [3.63, 3.8) is 0 Å². The van der Waals surface area contributed by atoms with Gasteiger partial charge in [0.2, 0.25) is 0 Å². The quantitative estimate of drug-likeness (QED) is 0.0795. The maximum absolute atomic E-state index is 13.8. The second kappa shape index (κ2) is 36.4. The van der Waals surface area contributed by atoms with E-state index in [0.29, 0.717) is 28.7 Å². The van der Waals surface area contributed by atoms with Crippen LogP contribution in [-0.2, 0) is 47.6 Å². The molecule has 6 bridgehead atoms. The number of rotatable bonds is 3. The van der Waals surface area contributed by atoms with Gasteiger partial charge in [-0.25, -0.2) is 0 Å². The number of Topliss-reactive ketones (excluding diaryl/α,β-unsaturated/α-hetero) is 1. The molecule has 34 heteroatoms. The Labute approximate surface area is 828 Å². The fourth-order valence-electron chi connectivity index (χ4n) is 20.8. The van der Waals surface area contributed by atoms with Gasteiger partial charge < -0.3 is 110 Å². The summed E-state index contributed by atoms with van der Waals surface area (Å²) < 4.78 is 33.7. The van der Waals surface area contributed by atoms with Gasteiger partial charge in [-0.3, -0.25) is 19.2 Å². The van der Waals surface area contributed by atoms with Gasteiger partial charge in [0.25, 0.3) is 0 Å². The molecule has 103 heavy (non-hydrogen) atoms. The largest absolute Gasteiger partial charge is 0.459 e. The van der Waals surface area contributed by atoms with Crippen LogP contribution in [0, 0.1) is 321 Å². The molecule has 0 spiro atoms. The third kappa shape index (κ3) is 15.9. The van der Waals surface area contributed by atoms with E-state index in [1.54, 1.807) is 69.2 Å². The number of alkyl halides is 2. The van der Waals surface area contributed by atoms with E-state index in [4.69, 9.17) is 51.6 Å². The predicted octanol–water partition coefficient (Wildman–Crippen LogP) is 0.568. The molecule has 16 N–H and O–H groups in total. The van der Waals surface area contributed by atoms with Crippen molar-refractivity contribution in [1.29, 1.82) is 0 Å². The molecule has 12 aliphatic rings. The summed E-state index contributed by atoms with van der Waals surface area (Å²) in [5, 5.41) is 183. The molecule has 0 aromatic carbocycles. The molecule has 6 radical (unpaired) electrons. The van der Waals surface area contributed by atoms with E-state index in [1.807, 2.05) is 6.92 Å². The van der Waals surface area contributed by atoms with Crippen LogP contribution in [0.1, 0.15) is 157 Å². The first kappa shape index (κ1) is 105. The second-order valence-corrected chi connectivity index (χ2v) is 33.1. The Kier molecular flexibility index (Phi) is 37.0. The maximum Gasteiger partial charge on any atom is 0.303 e. The molecule has 0 amide bonds. The SMILES string of the molecule is C.CC(=O)O[C@H]1C2[C@](C)([C@H](O)[C@H](O)C3=C(C)[C@@H](O)C[C@]1(O)C3(C)C)[C@@H](C)C[C@H]1OC[C@@]21O.CC(=O)O[C@H]1C2[C@](C)([C@H](O)[C@H](O)C3=C(C)[C@@H](O)C[C@]1(O)C3(C)C)[C@@H](O)C[C@H]1OC[C@@]21O.CC(=O)O[C@H]1C2[C@]3(O)CO[C@@H]3C[C@H](O)[C@@]2(C)C(=O)[C@H](O)C2=C(C)[C@@H](O)C[C@]1(O)C2(C)C.ClCCl.[Ac].[Ac].[Ac].[Ac].[Ac].[Ac]. The summed E-state index contributed by atoms with van der Waals surface area (Å²) in [5.41, 5.74) is -16.5. The van der Waals surface area contributed by atoms with E-state index in [1.165, 1.54) is 27.7 Å². The summed E-state index contributed by atoms with van der Waals surface area (Å²) in [5.74, 6) is -6.43. The number of aliphatic hydroxyl groups excluding tert-OH is 10. The van der Waals surface area contributed by atoms with Crippen LogP contribution in [0.25, 0.3) is 0 Å². The number of fused-ring (bicyclic) bond motifs is 15. The van der Waals surface area contributed by atoms with Crippen molar-refractivity contribution in [2.24, 2.45) is 56.2 Å². The Hall–Kier alpha value is 5.77. The second-order valence-electron chi connectivity index (χ2n) is 32.3. The molecule has 0 aromatic rings. The normalized spacial score (nSPS) is 47.7. The molecule has 9 fully saturated rings. The van der Waals surface area contributed by atoms with Crippen molar-refractivity contribution < 1.29 is 394 Å². The first-order chi connectivity index (χ1) is 43.8. The van der Waals surface area contributed by atoms with Crippen molar-refractivity contribution in [3.8, 4) is 0 Å². The van der Waals surface area contributed by atoms with Crippen LogP contribution in [-0.4, -0.2) is 262 Å². The van der Waals surface area contributed by atoms with Gasteiger partial charge in [-0.1, -0.05) is 69.7 Å². The molecule has 3 unspecified atom stereocenters. The number of carbonyl (C=O) groups excluding carboxylic acids is 4. The van der Waals surface area contributed by atoms with Gasteiger partial charge in [0.15, 0.2) is 5.78 Å². The number of ketones is 1. The average Bonchev–Trinajstić information content (AvgIpc) is 0.686. The molecule has 572 valence electrons. The zero-order valence-corrected chi connectivity index (χ0v) is 91.1. The summed E-state index contributed by atoms with van der Waals surface area (Å²) in [4.78, 5) is 50.4. The molecule has 12 rings (SSSR count). The Balaban J connectivity index is 0.000000498. The smallest absolute Gasteiger partial charge is 0.303 e. The Morgan fingerprint density at radius 3 is 1.05 bits per heavy atom. The van der Waals surface area contributed by atoms with Gasteiger partial charge in [-0.15, -0.1) is 23.2 Å². The summed E-state index contributed by atoms with van der Waals surface area (Å²) in [6, 6.07) is 0. The van der Waals surface area contributed by atoms with E-state index in [-0.39, 0.29) is 346 Å². The molecular formula is C69H108Ac6Cl2O26. The van der Waals surface area contributed by atoms with Crippen LogP contribution < -0.4 is 0 Å². The average molecular weight is 2790 g/mol. The third-order valence-corrected chi connectivity index (χ3v) is 27.0. The Morgan fingerprint density at radius 1 is 0.456 bits per heavy atom. The van der Waals surface area contributed by atoms with Gasteiger partial charge in [0.05, 0.1) is 91.6 Å². The first-order valence-electron chi connectivity index (χ1n) is 33.1. The molecule has 9 aliphatic carbocycles. The van der Waals surface area contributed by atoms with Gasteiger partial charge in [0.1, 0.15) is 70.2 Å². The number of carbonyl (C=O) groups is 4. The van der Waals surface area contributed by atoms with Crippen molar-refractivity contribution in [2.45, 2.75) is 288 Å². The number of hydrogen-bond donors (Lipinski definition) is 16. The summed E-state index contributed by atoms with van der Waals surface area (Å²) >= 11 is 9.53. The minimum atomic E-state index is -1.95. The fraction of sp³-hybridized carbons (Fsp3) is 0.855. The standard InChI is InChI=1S/C23H36O8.C22H34O9.C22H32O9.CH2Cl2.CH4.6Ac/c1-10-7-14-22(28,9-30-14)17-19(31-12(3)24)23(29)8-13(25)11(2)15(20(23,4)5)16(26)18(27)21(10,17)6;2*1-9-11(24)7-22(29)18(31-10(2)23)16-20(5,12(25)6-13-21(16,28)8-30-13)17(27)15(26)14(9)19(22,3)4;2-1-3;;;;;;;/h10,13-14,16-19,25-29H,7-9H2,1-6H3;11-13,15-18,24-29H,6-8H2,1-5H3;11-13,15-16,18,24-26,28-29H,6-8H2,1-5H3;1H2;1H4;;;;;;/t10-,13-,14+,16+,17?,18+,19-,21+,22-,23+;11-,12-,13+,15+,16?,17+,18-,20+,21-,22+;11-,12-,13+,15+,16?,18-,20+,21-,22+;;;;;;;;/m000......../s1. The Morgan fingerprint density at radius 2 is 0.728 bits per heavy atom. The van der Waals surface area contributed by atoms with E-state index < -0.39 is 205 Å². The molecule has 3 saturated heterocycles. The maximum atomic E-state index is 13.8. The van der Waals surface area contributed by atoms with Crippen LogP contribution in [0.3, 0.4) is 0 Å². The van der Waals surface area contributed by atoms with Gasteiger partial charge in [-0.2, -0.15) is 0 Å². The number of halogens is 2. The number of esters is 3. The van der Waals surface area contributed by atoms with Crippen LogP contribution in [0.15, 0.2) is 33.4 Å². The van der Waals surface area contributed by atoms with Crippen molar-refractivity contribution >= 4 is 46.9 Å². The number of ether oxygens (including phenoxy) is 6. The van der Waals surface area contributed by atoms with Crippen molar-refractivity contribution in [2.75, 3.05) is 25.2 Å². The summed E-state index contributed by atoms with van der Waals surface area (Å²) in [6.07, 6.45) is -19.9. The zero-order valence-electron chi connectivity index (χ0n) is 61.1. The molecule has 29 atom stereocenters. The first-order valence-corrected chi connectivity index (χ1v) is 34.2. The zero-order chi connectivity index (χ0) is 72.6. The van der Waals surface area contributed by atoms with Crippen LogP contribution in [0.2, 0.25) is 0 Å². The van der Waals surface area contributed by atoms with E-state index >= 15 is 0 Å². The molecule has 6 saturated carbocycles. The number of aliphatic hydroxyl groups is 16. The van der Waals surface area contributed by atoms with Crippen LogP contribution in [0.5, 0.6) is 0 Å². The summed E-state index contributed by atoms with van der Waals surface area (Å²) in [6.45, 7) is 24.8. The number of hydrogen-bond acceptors (Lipinski definition) is 26. The molecule has 26 nitrogen and oxygen atoms in total. The molecule has 3 aliphatic heterocycles. The van der Waals surface area contributed by atoms with Crippen molar-refractivity contribution in [1.82, 2.24) is 0 Å². The third-order valence-electron chi connectivity index (χ3n) is 27.0. The van der Waals surface area contributed by atoms with E-state index in [2.05, 4.69) is 0 Å². The minimum absolute atomic E-state index is 0. The summed E-state index contributed by atoms with van der Waals surface area (Å²) in [7, 11) is 0. The molecular weight excluding hydrogens is 2680 g/mol.